The second-order valence-corrected chi connectivity index (χ2v) is 13.6. The number of rotatable bonds is 8. The van der Waals surface area contributed by atoms with Crippen molar-refractivity contribution < 1.29 is 14.3 Å². The molecule has 4 aromatic carbocycles. The molecular formula is C43H53ClN2O3. The predicted octanol–water partition coefficient (Wildman–Crippen LogP) is 11.8. The van der Waals surface area contributed by atoms with Gasteiger partial charge in [-0.2, -0.15) is 0 Å². The lowest BCUT2D eigenvalue weighted by Crippen LogP contribution is -2.08. The van der Waals surface area contributed by atoms with Gasteiger partial charge in [-0.25, -0.2) is 0 Å². The summed E-state index contributed by atoms with van der Waals surface area (Å²) < 4.78 is 6.12. The van der Waals surface area contributed by atoms with Gasteiger partial charge in [0.15, 0.2) is 0 Å². The van der Waals surface area contributed by atoms with Crippen molar-refractivity contribution in [3.8, 4) is 16.9 Å². The maximum atomic E-state index is 11.0. The van der Waals surface area contributed by atoms with Crippen LogP contribution in [-0.2, 0) is 4.79 Å². The second kappa shape index (κ2) is 15.8. The molecule has 0 fully saturated rings. The number of fused-ring (bicyclic) bond motifs is 1. The summed E-state index contributed by atoms with van der Waals surface area (Å²) in [6.45, 7) is 26.7. The summed E-state index contributed by atoms with van der Waals surface area (Å²) in [5.74, 6) is 2.08. The molecule has 0 saturated carbocycles. The lowest BCUT2D eigenvalue weighted by Gasteiger charge is -2.23. The average molecular weight is 681 g/mol. The van der Waals surface area contributed by atoms with Gasteiger partial charge in [-0.1, -0.05) is 82.3 Å². The van der Waals surface area contributed by atoms with Crippen molar-refractivity contribution in [2.24, 2.45) is 0 Å². The van der Waals surface area contributed by atoms with E-state index >= 15 is 0 Å². The molecule has 0 aliphatic carbocycles. The number of nitrogens with two attached hydrogens (primary N) is 1. The van der Waals surface area contributed by atoms with Crippen LogP contribution in [0.3, 0.4) is 0 Å². The first-order chi connectivity index (χ1) is 22.7. The van der Waals surface area contributed by atoms with Gasteiger partial charge in [-0.3, -0.25) is 4.79 Å². The number of furan rings is 1. The van der Waals surface area contributed by atoms with Crippen molar-refractivity contribution in [3.63, 3.8) is 0 Å². The lowest BCUT2D eigenvalue weighted by molar-refractivity contribution is -0.105. The van der Waals surface area contributed by atoms with E-state index in [4.69, 9.17) is 10.2 Å². The van der Waals surface area contributed by atoms with Gasteiger partial charge in [-0.05, 0) is 116 Å². The zero-order valence-electron chi connectivity index (χ0n) is 31.0. The smallest absolute Gasteiger partial charge is 0.211 e. The summed E-state index contributed by atoms with van der Waals surface area (Å²) in [7, 11) is 0. The number of aromatic hydroxyl groups is 1. The first kappa shape index (κ1) is 39.0. The normalized spacial score (nSPS) is 11.6. The molecule has 1 aromatic heterocycles. The van der Waals surface area contributed by atoms with Gasteiger partial charge in [0.25, 0.3) is 0 Å². The zero-order chi connectivity index (χ0) is 35.6. The summed E-state index contributed by atoms with van der Waals surface area (Å²) in [5, 5.41) is 14.7. The number of hydrogen-bond donors (Lipinski definition) is 3. The molecule has 0 aliphatic heterocycles. The Morgan fingerprint density at radius 3 is 1.73 bits per heavy atom. The number of nitrogens with one attached hydrogen (secondary N) is 1. The van der Waals surface area contributed by atoms with Crippen LogP contribution in [0.25, 0.3) is 22.1 Å². The minimum atomic E-state index is -0.146. The van der Waals surface area contributed by atoms with E-state index in [0.717, 1.165) is 72.6 Å². The molecule has 0 radical (unpaired) electrons. The second-order valence-electron chi connectivity index (χ2n) is 13.6. The maximum absolute atomic E-state index is 11.0. The predicted molar refractivity (Wildman–Crippen MR) is 211 cm³/mol. The molecule has 5 rings (SSSR count). The van der Waals surface area contributed by atoms with Crippen LogP contribution < -0.4 is 11.1 Å². The Kier molecular flexibility index (Phi) is 12.6. The van der Waals surface area contributed by atoms with E-state index in [0.29, 0.717) is 18.2 Å². The van der Waals surface area contributed by atoms with Crippen molar-refractivity contribution in [2.45, 2.75) is 93.9 Å². The molecule has 49 heavy (non-hydrogen) atoms. The van der Waals surface area contributed by atoms with E-state index in [1.807, 2.05) is 33.8 Å². The van der Waals surface area contributed by atoms with Crippen molar-refractivity contribution in [1.29, 1.82) is 0 Å². The fourth-order valence-corrected chi connectivity index (χ4v) is 6.66. The fraction of sp³-hybridized carbons (Fsp3) is 0.326. The van der Waals surface area contributed by atoms with Gasteiger partial charge < -0.3 is 20.6 Å². The van der Waals surface area contributed by atoms with Gasteiger partial charge in [0.1, 0.15) is 17.1 Å². The molecule has 0 saturated heterocycles. The van der Waals surface area contributed by atoms with E-state index in [9.17, 15) is 9.90 Å². The number of carbonyl (C=O) groups is 1. The van der Waals surface area contributed by atoms with E-state index < -0.39 is 0 Å². The van der Waals surface area contributed by atoms with Crippen molar-refractivity contribution in [2.75, 3.05) is 11.1 Å². The summed E-state index contributed by atoms with van der Waals surface area (Å²) in [6.07, 6.45) is 2.52. The topological polar surface area (TPSA) is 88.5 Å². The summed E-state index contributed by atoms with van der Waals surface area (Å²) in [6, 6.07) is 17.2. The fourth-order valence-electron chi connectivity index (χ4n) is 6.66. The Morgan fingerprint density at radius 1 is 0.735 bits per heavy atom. The summed E-state index contributed by atoms with van der Waals surface area (Å²) >= 11 is 0. The SMILES string of the molecule is C=CC(c1ccc(C(C)C)cc1)c1c(C)c(NC=O)c(C)c(C)c1O.Cc1oc2c(C)c(C)c(N)c(C)c2c1-c1ccc(C(C)C)cc1.Cl. The molecule has 0 aliphatic rings. The molecule has 5 nitrogen and oxygen atoms in total. The molecule has 4 N–H and O–H groups in total. The first-order valence-electron chi connectivity index (χ1n) is 16.8. The third kappa shape index (κ3) is 7.43. The Bertz CT molecular complexity index is 1970. The van der Waals surface area contributed by atoms with Crippen LogP contribution in [0.5, 0.6) is 5.75 Å². The summed E-state index contributed by atoms with van der Waals surface area (Å²) in [4.78, 5) is 11.0. The number of halogens is 1. The number of aryl methyl sites for hydroxylation is 3. The van der Waals surface area contributed by atoms with Crippen molar-refractivity contribution >= 4 is 41.2 Å². The van der Waals surface area contributed by atoms with E-state index in [2.05, 4.69) is 109 Å². The Labute approximate surface area is 299 Å². The highest BCUT2D eigenvalue weighted by Crippen LogP contribution is 2.43. The van der Waals surface area contributed by atoms with Crippen molar-refractivity contribution in [1.82, 2.24) is 0 Å². The minimum absolute atomic E-state index is 0. The number of allylic oxidation sites excluding steroid dienone is 1. The Balaban J connectivity index is 0.000000261. The lowest BCUT2D eigenvalue weighted by atomic mass is 9.83. The monoisotopic (exact) mass is 680 g/mol. The number of amides is 1. The molecule has 5 aromatic rings. The van der Waals surface area contributed by atoms with Crippen LogP contribution in [0.15, 0.2) is 65.6 Å². The van der Waals surface area contributed by atoms with E-state index in [1.54, 1.807) is 0 Å². The highest BCUT2D eigenvalue weighted by molar-refractivity contribution is 6.02. The number of phenols is 1. The van der Waals surface area contributed by atoms with Crippen molar-refractivity contribution in [3.05, 3.63) is 123 Å². The molecule has 1 atom stereocenters. The highest BCUT2D eigenvalue weighted by atomic mass is 35.5. The number of phenolic OH excluding ortho intramolecular Hbond substituents is 1. The molecule has 0 spiro atoms. The van der Waals surface area contributed by atoms with E-state index in [-0.39, 0.29) is 24.1 Å². The summed E-state index contributed by atoms with van der Waals surface area (Å²) in [5.41, 5.74) is 21.6. The molecule has 260 valence electrons. The minimum Gasteiger partial charge on any atom is -0.507 e. The molecule has 1 unspecified atom stereocenters. The third-order valence-corrected chi connectivity index (χ3v) is 10.1. The van der Waals surface area contributed by atoms with Crippen LogP contribution >= 0.6 is 12.4 Å². The Morgan fingerprint density at radius 2 is 1.24 bits per heavy atom. The number of hydrogen-bond acceptors (Lipinski definition) is 4. The van der Waals surface area contributed by atoms with Gasteiger partial charge in [-0.15, -0.1) is 19.0 Å². The quantitative estimate of drug-likeness (QED) is 0.0658. The van der Waals surface area contributed by atoms with Gasteiger partial charge in [0, 0.05) is 33.8 Å². The largest absolute Gasteiger partial charge is 0.507 e. The number of nitrogen functional groups attached to an aromatic ring is 1. The molecule has 1 heterocycles. The first-order valence-corrected chi connectivity index (χ1v) is 16.8. The van der Waals surface area contributed by atoms with Crippen LogP contribution in [0.1, 0.15) is 107 Å². The van der Waals surface area contributed by atoms with Gasteiger partial charge >= 0.3 is 0 Å². The number of anilines is 2. The molecule has 6 heteroatoms. The van der Waals surface area contributed by atoms with E-state index in [1.165, 1.54) is 22.3 Å². The van der Waals surface area contributed by atoms with Gasteiger partial charge in [0.2, 0.25) is 6.41 Å². The molecule has 1 amide bonds. The standard InChI is InChI=1S/C22H27NO2.C21H25NO.ClH/c1-7-19(18-10-8-17(9-11-18)13(2)3)20-16(6)21(23-12-24)14(4)15(5)22(20)25;1-11(2)16-7-9-17(10-8-16)19-15(6)23-21-13(4)12(3)20(22)14(5)18(19)21;/h7-13,19,25H,1H2,2-6H3,(H,23,24);7-11H,22H2,1-6H3;1H. The van der Waals surface area contributed by atoms with Gasteiger partial charge in [0.05, 0.1) is 0 Å². The molecular weight excluding hydrogens is 628 g/mol. The van der Waals surface area contributed by atoms with Crippen LogP contribution in [0.4, 0.5) is 11.4 Å². The number of benzene rings is 4. The molecule has 0 bridgehead atoms. The average Bonchev–Trinajstić information content (AvgIpc) is 3.43. The Hall–Kier alpha value is -4.48. The maximum Gasteiger partial charge on any atom is 0.211 e. The number of carbonyl (C=O) groups excluding carboxylic acids is 1. The highest BCUT2D eigenvalue weighted by Gasteiger charge is 2.24. The zero-order valence-corrected chi connectivity index (χ0v) is 31.8. The van der Waals surface area contributed by atoms with Crippen LogP contribution in [-0.4, -0.2) is 11.5 Å². The third-order valence-electron chi connectivity index (χ3n) is 10.1. The van der Waals surface area contributed by atoms with Crippen LogP contribution in [0.2, 0.25) is 0 Å². The van der Waals surface area contributed by atoms with Crippen LogP contribution in [0, 0.1) is 48.5 Å².